The lowest BCUT2D eigenvalue weighted by molar-refractivity contribution is -0.127. The predicted octanol–water partition coefficient (Wildman–Crippen LogP) is 0.0646. The van der Waals surface area contributed by atoms with E-state index < -0.39 is 18.5 Å². The number of hydrogen-bond acceptors (Lipinski definition) is 5. The zero-order chi connectivity index (χ0) is 15.1. The second-order valence-corrected chi connectivity index (χ2v) is 4.12. The predicted molar refractivity (Wildman–Crippen MR) is 70.5 cm³/mol. The summed E-state index contributed by atoms with van der Waals surface area (Å²) in [5.41, 5.74) is -0.103. The number of phenols is 1. The van der Waals surface area contributed by atoms with Gasteiger partial charge in [0.2, 0.25) is 5.91 Å². The molecular formula is C12H13ClN2O5. The fraction of sp³-hybridized carbons (Fsp3) is 0.250. The highest BCUT2D eigenvalue weighted by atomic mass is 35.5. The number of carbonyl (C=O) groups is 3. The number of hydrogen-bond donors (Lipinski definition) is 3. The topological polar surface area (TPSA) is 105 Å². The smallest absolute Gasteiger partial charge is 0.342 e. The molecule has 1 aromatic rings. The van der Waals surface area contributed by atoms with E-state index in [4.69, 9.17) is 16.3 Å². The third-order valence-electron chi connectivity index (χ3n) is 2.24. The average molecular weight is 301 g/mol. The summed E-state index contributed by atoms with van der Waals surface area (Å²) in [5.74, 6) is -2.21. The minimum Gasteiger partial charge on any atom is -0.507 e. The van der Waals surface area contributed by atoms with E-state index in [1.165, 1.54) is 25.2 Å². The molecule has 0 bridgehead atoms. The monoisotopic (exact) mass is 300 g/mol. The van der Waals surface area contributed by atoms with Gasteiger partial charge >= 0.3 is 5.97 Å². The van der Waals surface area contributed by atoms with E-state index in [-0.39, 0.29) is 28.8 Å². The lowest BCUT2D eigenvalue weighted by atomic mass is 10.2. The third kappa shape index (κ3) is 4.77. The van der Waals surface area contributed by atoms with Crippen molar-refractivity contribution in [3.8, 4) is 5.75 Å². The van der Waals surface area contributed by atoms with Crippen LogP contribution in [-0.4, -0.2) is 43.1 Å². The first-order valence-electron chi connectivity index (χ1n) is 5.57. The molecule has 0 aliphatic rings. The van der Waals surface area contributed by atoms with Gasteiger partial charge in [0, 0.05) is 12.1 Å². The molecule has 20 heavy (non-hydrogen) atoms. The first-order chi connectivity index (χ1) is 9.43. The second-order valence-electron chi connectivity index (χ2n) is 3.69. The summed E-state index contributed by atoms with van der Waals surface area (Å²) in [6, 6.07) is 3.87. The van der Waals surface area contributed by atoms with Crippen molar-refractivity contribution in [2.24, 2.45) is 0 Å². The van der Waals surface area contributed by atoms with Crippen LogP contribution in [0.5, 0.6) is 5.75 Å². The number of halogens is 1. The molecule has 0 aliphatic carbocycles. The van der Waals surface area contributed by atoms with Crippen LogP contribution >= 0.6 is 11.6 Å². The summed E-state index contributed by atoms with van der Waals surface area (Å²) >= 11 is 5.62. The number of benzene rings is 1. The quantitative estimate of drug-likeness (QED) is 0.667. The van der Waals surface area contributed by atoms with E-state index in [9.17, 15) is 19.5 Å². The third-order valence-corrected chi connectivity index (χ3v) is 2.47. The normalized spacial score (nSPS) is 9.70. The Morgan fingerprint density at radius 3 is 2.60 bits per heavy atom. The fourth-order valence-corrected chi connectivity index (χ4v) is 1.37. The molecule has 0 saturated carbocycles. The lowest BCUT2D eigenvalue weighted by Crippen LogP contribution is -2.37. The van der Waals surface area contributed by atoms with Crippen LogP contribution in [-0.2, 0) is 14.3 Å². The molecule has 8 heteroatoms. The first-order valence-corrected chi connectivity index (χ1v) is 5.94. The van der Waals surface area contributed by atoms with Crippen molar-refractivity contribution in [2.45, 2.75) is 0 Å². The van der Waals surface area contributed by atoms with E-state index in [0.717, 1.165) is 0 Å². The highest BCUT2D eigenvalue weighted by molar-refractivity contribution is 6.30. The van der Waals surface area contributed by atoms with Crippen LogP contribution in [0, 0.1) is 0 Å². The summed E-state index contributed by atoms with van der Waals surface area (Å²) in [4.78, 5) is 33.8. The molecule has 0 saturated heterocycles. The van der Waals surface area contributed by atoms with E-state index in [1.807, 2.05) is 0 Å². The van der Waals surface area contributed by atoms with Crippen molar-refractivity contribution >= 4 is 29.4 Å². The Labute approximate surface area is 119 Å². The SMILES string of the molecule is CNC(=O)CNC(=O)COC(=O)c1ccc(Cl)cc1O. The second kappa shape index (κ2) is 7.34. The number of rotatable bonds is 5. The lowest BCUT2D eigenvalue weighted by Gasteiger charge is -2.07. The highest BCUT2D eigenvalue weighted by Crippen LogP contribution is 2.22. The maximum Gasteiger partial charge on any atom is 0.342 e. The molecule has 0 spiro atoms. The average Bonchev–Trinajstić information content (AvgIpc) is 2.42. The van der Waals surface area contributed by atoms with E-state index in [0.29, 0.717) is 0 Å². The summed E-state index contributed by atoms with van der Waals surface area (Å²) in [7, 11) is 1.43. The van der Waals surface area contributed by atoms with Crippen LogP contribution in [0.2, 0.25) is 5.02 Å². The van der Waals surface area contributed by atoms with Crippen molar-refractivity contribution in [2.75, 3.05) is 20.2 Å². The van der Waals surface area contributed by atoms with Gasteiger partial charge in [-0.25, -0.2) is 4.79 Å². The van der Waals surface area contributed by atoms with Gasteiger partial charge in [0.25, 0.3) is 5.91 Å². The number of likely N-dealkylation sites (N-methyl/N-ethyl adjacent to an activating group) is 1. The number of esters is 1. The molecule has 0 unspecified atom stereocenters. The van der Waals surface area contributed by atoms with E-state index >= 15 is 0 Å². The van der Waals surface area contributed by atoms with E-state index in [2.05, 4.69) is 10.6 Å². The van der Waals surface area contributed by atoms with Crippen molar-refractivity contribution < 1.29 is 24.2 Å². The molecule has 1 rings (SSSR count). The Morgan fingerprint density at radius 1 is 1.30 bits per heavy atom. The van der Waals surface area contributed by atoms with Gasteiger partial charge < -0.3 is 20.5 Å². The molecule has 0 aliphatic heterocycles. The fourth-order valence-electron chi connectivity index (χ4n) is 1.20. The molecule has 2 amide bonds. The van der Waals surface area contributed by atoms with Gasteiger partial charge in [-0.3, -0.25) is 9.59 Å². The number of aromatic hydroxyl groups is 1. The molecule has 7 nitrogen and oxygen atoms in total. The Morgan fingerprint density at radius 2 is 2.00 bits per heavy atom. The van der Waals surface area contributed by atoms with Crippen LogP contribution in [0.15, 0.2) is 18.2 Å². The van der Waals surface area contributed by atoms with Gasteiger partial charge in [-0.1, -0.05) is 11.6 Å². The number of nitrogens with one attached hydrogen (secondary N) is 2. The largest absolute Gasteiger partial charge is 0.507 e. The van der Waals surface area contributed by atoms with Crippen molar-refractivity contribution in [1.29, 1.82) is 0 Å². The van der Waals surface area contributed by atoms with Crippen LogP contribution in [0.25, 0.3) is 0 Å². The van der Waals surface area contributed by atoms with Gasteiger partial charge in [-0.2, -0.15) is 0 Å². The van der Waals surface area contributed by atoms with Crippen LogP contribution < -0.4 is 10.6 Å². The zero-order valence-electron chi connectivity index (χ0n) is 10.6. The number of amides is 2. The molecule has 3 N–H and O–H groups in total. The van der Waals surface area contributed by atoms with Crippen LogP contribution in [0.3, 0.4) is 0 Å². The summed E-state index contributed by atoms with van der Waals surface area (Å²) < 4.78 is 4.69. The Bertz CT molecular complexity index is 533. The molecule has 0 heterocycles. The Balaban J connectivity index is 2.47. The summed E-state index contributed by atoms with van der Waals surface area (Å²) in [6.07, 6.45) is 0. The van der Waals surface area contributed by atoms with Gasteiger partial charge in [0.15, 0.2) is 6.61 Å². The van der Waals surface area contributed by atoms with Gasteiger partial charge in [-0.15, -0.1) is 0 Å². The molecule has 0 radical (unpaired) electrons. The van der Waals surface area contributed by atoms with Gasteiger partial charge in [0.1, 0.15) is 11.3 Å². The molecule has 0 atom stereocenters. The maximum atomic E-state index is 11.6. The Kier molecular flexibility index (Phi) is 5.79. The minimum atomic E-state index is -0.866. The number of phenolic OH excluding ortho intramolecular Hbond substituents is 1. The highest BCUT2D eigenvalue weighted by Gasteiger charge is 2.14. The first kappa shape index (κ1) is 15.8. The number of carbonyl (C=O) groups excluding carboxylic acids is 3. The van der Waals surface area contributed by atoms with Crippen molar-refractivity contribution in [3.63, 3.8) is 0 Å². The maximum absolute atomic E-state index is 11.6. The summed E-state index contributed by atoms with van der Waals surface area (Å²) in [6.45, 7) is -0.767. The molecular weight excluding hydrogens is 288 g/mol. The molecule has 0 aromatic heterocycles. The van der Waals surface area contributed by atoms with Crippen LogP contribution in [0.1, 0.15) is 10.4 Å². The van der Waals surface area contributed by atoms with Crippen molar-refractivity contribution in [3.05, 3.63) is 28.8 Å². The zero-order valence-corrected chi connectivity index (χ0v) is 11.4. The molecule has 0 fully saturated rings. The summed E-state index contributed by atoms with van der Waals surface area (Å²) in [5, 5.41) is 14.3. The standard InChI is InChI=1S/C12H13ClN2O5/c1-14-10(17)5-15-11(18)6-20-12(19)8-3-2-7(13)4-9(8)16/h2-4,16H,5-6H2,1H3,(H,14,17)(H,15,18). The molecule has 108 valence electrons. The van der Waals surface area contributed by atoms with Crippen molar-refractivity contribution in [1.82, 2.24) is 10.6 Å². The minimum absolute atomic E-state index is 0.103. The Hall–Kier alpha value is -2.28. The van der Waals surface area contributed by atoms with Crippen LogP contribution in [0.4, 0.5) is 0 Å². The van der Waals surface area contributed by atoms with E-state index in [1.54, 1.807) is 0 Å². The number of ether oxygens (including phenoxy) is 1. The molecule has 1 aromatic carbocycles. The van der Waals surface area contributed by atoms with Gasteiger partial charge in [-0.05, 0) is 18.2 Å². The van der Waals surface area contributed by atoms with Gasteiger partial charge in [0.05, 0.1) is 6.54 Å².